The van der Waals surface area contributed by atoms with E-state index in [1.54, 1.807) is 6.92 Å². The molecule has 0 saturated heterocycles. The Morgan fingerprint density at radius 2 is 1.68 bits per heavy atom. The molecule has 0 unspecified atom stereocenters. The van der Waals surface area contributed by atoms with Crippen LogP contribution in [0.15, 0.2) is 18.2 Å². The molecule has 0 aromatic heterocycles. The minimum Gasteiger partial charge on any atom is -0.495 e. The van der Waals surface area contributed by atoms with Crippen LogP contribution in [-0.2, 0) is 9.47 Å². The molecule has 0 aliphatic heterocycles. The van der Waals surface area contributed by atoms with Gasteiger partial charge in [-0.3, -0.25) is 0 Å². The van der Waals surface area contributed by atoms with Crippen molar-refractivity contribution in [2.45, 2.75) is 34.1 Å². The Balaban J connectivity index is 2.81. The molecular weight excluding hydrogens is 320 g/mol. The van der Waals surface area contributed by atoms with Gasteiger partial charge in [-0.15, -0.1) is 0 Å². The number of methoxy groups -OCH3 is 1. The van der Waals surface area contributed by atoms with E-state index in [0.29, 0.717) is 24.2 Å². The molecule has 0 spiro atoms. The Morgan fingerprint density at radius 3 is 2.28 bits per heavy atom. The predicted molar refractivity (Wildman–Crippen MR) is 95.6 cm³/mol. The highest BCUT2D eigenvalue weighted by Gasteiger charge is 2.34. The van der Waals surface area contributed by atoms with E-state index >= 15 is 0 Å². The summed E-state index contributed by atoms with van der Waals surface area (Å²) < 4.78 is 16.0. The largest absolute Gasteiger partial charge is 0.495 e. The molecule has 134 valence electrons. The van der Waals surface area contributed by atoms with Crippen molar-refractivity contribution in [3.8, 4) is 16.9 Å². The Kier molecular flexibility index (Phi) is 6.02. The molecule has 5 nitrogen and oxygen atoms in total. The maximum Gasteiger partial charge on any atom is 0.342 e. The van der Waals surface area contributed by atoms with Gasteiger partial charge in [-0.25, -0.2) is 9.59 Å². The average molecular weight is 344 g/mol. The fraction of sp³-hybridized carbons (Fsp3) is 0.400. The Labute approximate surface area is 148 Å². The zero-order chi connectivity index (χ0) is 18.6. The second-order valence-electron chi connectivity index (χ2n) is 5.83. The molecule has 0 bridgehead atoms. The molecule has 0 radical (unpaired) electrons. The van der Waals surface area contributed by atoms with Crippen molar-refractivity contribution in [3.05, 3.63) is 40.5 Å². The van der Waals surface area contributed by atoms with Crippen LogP contribution in [0.2, 0.25) is 0 Å². The highest BCUT2D eigenvalue weighted by molar-refractivity contribution is 6.13. The summed E-state index contributed by atoms with van der Waals surface area (Å²) in [4.78, 5) is 25.2. The summed E-state index contributed by atoms with van der Waals surface area (Å²) in [6, 6.07) is 5.69. The first-order valence-electron chi connectivity index (χ1n) is 8.41. The van der Waals surface area contributed by atoms with Gasteiger partial charge in [0.15, 0.2) is 0 Å². The van der Waals surface area contributed by atoms with Gasteiger partial charge in [0.05, 0.1) is 20.3 Å². The number of carbonyl (C=O) groups is 2. The Morgan fingerprint density at radius 1 is 1.00 bits per heavy atom. The first-order chi connectivity index (χ1) is 12.0. The summed E-state index contributed by atoms with van der Waals surface area (Å²) in [5, 5.41) is 0. The topological polar surface area (TPSA) is 61.8 Å². The fourth-order valence-electron chi connectivity index (χ4n) is 2.95. The average Bonchev–Trinajstić information content (AvgIpc) is 2.84. The fourth-order valence-corrected chi connectivity index (χ4v) is 2.95. The lowest BCUT2D eigenvalue weighted by Crippen LogP contribution is -2.09. The number of carbonyl (C=O) groups excluding carboxylic acids is 2. The highest BCUT2D eigenvalue weighted by Crippen LogP contribution is 2.44. The Hall–Kier alpha value is -2.56. The molecule has 0 aromatic carbocycles. The second kappa shape index (κ2) is 8.01. The van der Waals surface area contributed by atoms with E-state index in [1.165, 1.54) is 7.11 Å². The minimum atomic E-state index is -0.508. The van der Waals surface area contributed by atoms with Gasteiger partial charge in [0, 0.05) is 11.1 Å². The van der Waals surface area contributed by atoms with Gasteiger partial charge in [0.25, 0.3) is 0 Å². The van der Waals surface area contributed by atoms with Crippen LogP contribution >= 0.6 is 0 Å². The molecule has 2 aliphatic rings. The first kappa shape index (κ1) is 18.8. The number of esters is 2. The molecule has 2 aliphatic carbocycles. The lowest BCUT2D eigenvalue weighted by atomic mass is 10.0. The molecular formula is C20H24O5. The molecule has 0 saturated carbocycles. The van der Waals surface area contributed by atoms with Crippen molar-refractivity contribution in [3.63, 3.8) is 0 Å². The van der Waals surface area contributed by atoms with Crippen molar-refractivity contribution in [2.24, 2.45) is 0 Å². The lowest BCUT2D eigenvalue weighted by Gasteiger charge is -2.07. The molecule has 0 fully saturated rings. The van der Waals surface area contributed by atoms with Gasteiger partial charge in [0.1, 0.15) is 16.9 Å². The van der Waals surface area contributed by atoms with Crippen molar-refractivity contribution in [2.75, 3.05) is 20.3 Å². The molecule has 5 heteroatoms. The Bertz CT molecular complexity index is 763. The van der Waals surface area contributed by atoms with Gasteiger partial charge in [-0.2, -0.15) is 0 Å². The zero-order valence-corrected chi connectivity index (χ0v) is 15.4. The van der Waals surface area contributed by atoms with E-state index < -0.39 is 11.9 Å². The van der Waals surface area contributed by atoms with Gasteiger partial charge in [0.2, 0.25) is 0 Å². The summed E-state index contributed by atoms with van der Waals surface area (Å²) in [6.07, 6.45) is 0.712. The van der Waals surface area contributed by atoms with Gasteiger partial charge in [-0.05, 0) is 32.8 Å². The van der Waals surface area contributed by atoms with E-state index in [1.807, 2.05) is 39.0 Å². The smallest absolute Gasteiger partial charge is 0.342 e. The number of aryl methyl sites for hydroxylation is 2. The number of ether oxygens (including phenoxy) is 3. The molecule has 0 aromatic rings. The standard InChI is InChI=1S/C20H24O5/c1-6-10-25-19(21)16-14-9-8-12(3)11-13(4)15(14)17(18(16)23-5)20(22)24-7-2/h8-9,11H,6-7,10H2,1-5H3. The molecule has 2 rings (SSSR count). The molecule has 0 atom stereocenters. The van der Waals surface area contributed by atoms with E-state index in [2.05, 4.69) is 0 Å². The minimum absolute atomic E-state index is 0.210. The highest BCUT2D eigenvalue weighted by atomic mass is 16.5. The summed E-state index contributed by atoms with van der Waals surface area (Å²) >= 11 is 0. The lowest BCUT2D eigenvalue weighted by molar-refractivity contribution is 0.0503. The maximum atomic E-state index is 12.6. The third kappa shape index (κ3) is 3.60. The van der Waals surface area contributed by atoms with E-state index in [-0.39, 0.29) is 23.5 Å². The van der Waals surface area contributed by atoms with E-state index in [0.717, 1.165) is 11.1 Å². The van der Waals surface area contributed by atoms with Crippen molar-refractivity contribution in [1.82, 2.24) is 0 Å². The summed E-state index contributed by atoms with van der Waals surface area (Å²) in [7, 11) is 1.44. The summed E-state index contributed by atoms with van der Waals surface area (Å²) in [6.45, 7) is 8.07. The third-order valence-corrected chi connectivity index (χ3v) is 3.92. The first-order valence-corrected chi connectivity index (χ1v) is 8.41. The van der Waals surface area contributed by atoms with Crippen molar-refractivity contribution < 1.29 is 23.8 Å². The molecule has 0 heterocycles. The van der Waals surface area contributed by atoms with E-state index in [9.17, 15) is 9.59 Å². The molecule has 0 N–H and O–H groups in total. The third-order valence-electron chi connectivity index (χ3n) is 3.92. The van der Waals surface area contributed by atoms with Crippen LogP contribution in [0, 0.1) is 13.8 Å². The van der Waals surface area contributed by atoms with E-state index in [4.69, 9.17) is 14.2 Å². The molecule has 0 amide bonds. The SMILES string of the molecule is CCCOC(=O)c1c2ccc(C)cc(C)c-2c(C(=O)OCC)c1OC. The van der Waals surface area contributed by atoms with Crippen molar-refractivity contribution in [1.29, 1.82) is 0 Å². The molecule has 25 heavy (non-hydrogen) atoms. The quantitative estimate of drug-likeness (QED) is 0.736. The van der Waals surface area contributed by atoms with Gasteiger partial charge in [-0.1, -0.05) is 30.7 Å². The van der Waals surface area contributed by atoms with Crippen LogP contribution in [0.4, 0.5) is 0 Å². The zero-order valence-electron chi connectivity index (χ0n) is 15.4. The normalized spacial score (nSPS) is 10.6. The summed E-state index contributed by atoms with van der Waals surface area (Å²) in [5.41, 5.74) is 3.73. The van der Waals surface area contributed by atoms with Crippen LogP contribution in [0.5, 0.6) is 5.75 Å². The second-order valence-corrected chi connectivity index (χ2v) is 5.83. The maximum absolute atomic E-state index is 12.6. The number of rotatable bonds is 6. The predicted octanol–water partition coefficient (Wildman–Crippen LogP) is 4.16. The summed E-state index contributed by atoms with van der Waals surface area (Å²) in [5.74, 6) is -0.796. The van der Waals surface area contributed by atoms with Crippen molar-refractivity contribution >= 4 is 11.9 Å². The van der Waals surface area contributed by atoms with Gasteiger partial charge < -0.3 is 14.2 Å². The number of hydrogen-bond donors (Lipinski definition) is 0. The number of fused-ring (bicyclic) bond motifs is 1. The number of hydrogen-bond acceptors (Lipinski definition) is 5. The van der Waals surface area contributed by atoms with Crippen LogP contribution in [0.3, 0.4) is 0 Å². The van der Waals surface area contributed by atoms with Crippen LogP contribution in [-0.4, -0.2) is 32.3 Å². The van der Waals surface area contributed by atoms with Gasteiger partial charge >= 0.3 is 11.9 Å². The van der Waals surface area contributed by atoms with Crippen LogP contribution < -0.4 is 4.74 Å². The van der Waals surface area contributed by atoms with Crippen LogP contribution in [0.25, 0.3) is 11.1 Å². The monoisotopic (exact) mass is 344 g/mol. The van der Waals surface area contributed by atoms with Crippen LogP contribution in [0.1, 0.15) is 52.1 Å².